The summed E-state index contributed by atoms with van der Waals surface area (Å²) in [6.45, 7) is 2.17. The second kappa shape index (κ2) is 7.25. The van der Waals surface area contributed by atoms with Gasteiger partial charge < -0.3 is 19.7 Å². The van der Waals surface area contributed by atoms with Crippen LogP contribution in [0.25, 0.3) is 0 Å². The molecule has 0 unspecified atom stereocenters. The lowest BCUT2D eigenvalue weighted by atomic mass is 10.1. The molecule has 2 aromatic carbocycles. The van der Waals surface area contributed by atoms with Crippen LogP contribution in [0.3, 0.4) is 0 Å². The summed E-state index contributed by atoms with van der Waals surface area (Å²) < 4.78 is 10.5. The van der Waals surface area contributed by atoms with Crippen molar-refractivity contribution in [3.8, 4) is 11.5 Å². The third-order valence-corrected chi connectivity index (χ3v) is 4.63. The zero-order valence-electron chi connectivity index (χ0n) is 14.8. The fourth-order valence-electron chi connectivity index (χ4n) is 3.02. The van der Waals surface area contributed by atoms with Crippen LogP contribution in [-0.2, 0) is 11.2 Å². The SMILES string of the molecule is COc1cc(NC(=O)c2ccc3c(c2)CCN3C(C)=O)c(OC)cc1Cl. The minimum atomic E-state index is -0.281. The Morgan fingerprint density at radius 3 is 2.50 bits per heavy atom. The number of nitrogens with zero attached hydrogens (tertiary/aromatic N) is 1. The van der Waals surface area contributed by atoms with E-state index in [0.29, 0.717) is 34.3 Å². The number of hydrogen-bond donors (Lipinski definition) is 1. The zero-order chi connectivity index (χ0) is 18.8. The van der Waals surface area contributed by atoms with Crippen molar-refractivity contribution in [3.63, 3.8) is 0 Å². The molecule has 0 spiro atoms. The number of benzene rings is 2. The molecular formula is C19H19ClN2O4. The van der Waals surface area contributed by atoms with Gasteiger partial charge in [-0.3, -0.25) is 9.59 Å². The molecule has 7 heteroatoms. The van der Waals surface area contributed by atoms with Gasteiger partial charge in [0.15, 0.2) is 0 Å². The number of ether oxygens (including phenoxy) is 2. The topological polar surface area (TPSA) is 67.9 Å². The summed E-state index contributed by atoms with van der Waals surface area (Å²) in [4.78, 5) is 26.0. The number of carbonyl (C=O) groups is 2. The first kappa shape index (κ1) is 18.1. The van der Waals surface area contributed by atoms with Crippen molar-refractivity contribution in [1.29, 1.82) is 0 Å². The Hall–Kier alpha value is -2.73. The first-order valence-electron chi connectivity index (χ1n) is 8.08. The Bertz CT molecular complexity index is 882. The molecule has 3 rings (SSSR count). The number of halogens is 1. The number of fused-ring (bicyclic) bond motifs is 1. The molecule has 136 valence electrons. The zero-order valence-corrected chi connectivity index (χ0v) is 15.5. The first-order valence-corrected chi connectivity index (χ1v) is 8.46. The molecule has 6 nitrogen and oxygen atoms in total. The number of hydrogen-bond acceptors (Lipinski definition) is 4. The van der Waals surface area contributed by atoms with Crippen molar-refractivity contribution in [2.75, 3.05) is 31.0 Å². The summed E-state index contributed by atoms with van der Waals surface area (Å²) in [6.07, 6.45) is 0.730. The van der Waals surface area contributed by atoms with Crippen LogP contribution in [-0.4, -0.2) is 32.6 Å². The minimum absolute atomic E-state index is 0.000975. The monoisotopic (exact) mass is 374 g/mol. The highest BCUT2D eigenvalue weighted by atomic mass is 35.5. The molecule has 2 aromatic rings. The average Bonchev–Trinajstić information content (AvgIpc) is 3.06. The molecule has 0 saturated heterocycles. The molecule has 2 amide bonds. The Morgan fingerprint density at radius 1 is 1.12 bits per heavy atom. The molecule has 0 saturated carbocycles. The van der Waals surface area contributed by atoms with Crippen molar-refractivity contribution < 1.29 is 19.1 Å². The molecule has 26 heavy (non-hydrogen) atoms. The molecule has 0 atom stereocenters. The largest absolute Gasteiger partial charge is 0.495 e. The van der Waals surface area contributed by atoms with Gasteiger partial charge in [0.1, 0.15) is 11.5 Å². The van der Waals surface area contributed by atoms with Crippen LogP contribution in [0.15, 0.2) is 30.3 Å². The van der Waals surface area contributed by atoms with Gasteiger partial charge in [0.05, 0.1) is 24.9 Å². The van der Waals surface area contributed by atoms with Crippen LogP contribution in [0.4, 0.5) is 11.4 Å². The molecule has 0 aromatic heterocycles. The van der Waals surface area contributed by atoms with E-state index >= 15 is 0 Å². The quantitative estimate of drug-likeness (QED) is 0.889. The minimum Gasteiger partial charge on any atom is -0.495 e. The highest BCUT2D eigenvalue weighted by Gasteiger charge is 2.23. The highest BCUT2D eigenvalue weighted by Crippen LogP contribution is 2.36. The molecule has 0 radical (unpaired) electrons. The van der Waals surface area contributed by atoms with Crippen molar-refractivity contribution in [1.82, 2.24) is 0 Å². The lowest BCUT2D eigenvalue weighted by Crippen LogP contribution is -2.25. The summed E-state index contributed by atoms with van der Waals surface area (Å²) in [5.41, 5.74) is 2.81. The van der Waals surface area contributed by atoms with E-state index in [-0.39, 0.29) is 11.8 Å². The maximum atomic E-state index is 12.7. The van der Waals surface area contributed by atoms with E-state index in [2.05, 4.69) is 5.32 Å². The Morgan fingerprint density at radius 2 is 1.85 bits per heavy atom. The van der Waals surface area contributed by atoms with Crippen molar-refractivity contribution in [3.05, 3.63) is 46.5 Å². The Labute approximate surface area is 156 Å². The molecule has 1 heterocycles. The summed E-state index contributed by atoms with van der Waals surface area (Å²) in [5, 5.41) is 3.21. The Balaban J connectivity index is 1.87. The number of carbonyl (C=O) groups excluding carboxylic acids is 2. The van der Waals surface area contributed by atoms with Crippen LogP contribution in [0, 0.1) is 0 Å². The number of anilines is 2. The molecule has 0 bridgehead atoms. The van der Waals surface area contributed by atoms with Gasteiger partial charge in [-0.1, -0.05) is 11.6 Å². The predicted octanol–water partition coefficient (Wildman–Crippen LogP) is 3.52. The van der Waals surface area contributed by atoms with Crippen molar-refractivity contribution in [2.24, 2.45) is 0 Å². The highest BCUT2D eigenvalue weighted by molar-refractivity contribution is 6.32. The van der Waals surface area contributed by atoms with Crippen LogP contribution in [0.1, 0.15) is 22.8 Å². The van der Waals surface area contributed by atoms with Crippen LogP contribution < -0.4 is 19.7 Å². The molecule has 0 aliphatic carbocycles. The van der Waals surface area contributed by atoms with Crippen molar-refractivity contribution in [2.45, 2.75) is 13.3 Å². The fraction of sp³-hybridized carbons (Fsp3) is 0.263. The predicted molar refractivity (Wildman–Crippen MR) is 101 cm³/mol. The van der Waals surface area contributed by atoms with Gasteiger partial charge in [0, 0.05) is 36.9 Å². The third kappa shape index (κ3) is 3.32. The second-order valence-electron chi connectivity index (χ2n) is 5.91. The fourth-order valence-corrected chi connectivity index (χ4v) is 3.25. The summed E-state index contributed by atoms with van der Waals surface area (Å²) >= 11 is 6.09. The smallest absolute Gasteiger partial charge is 0.255 e. The van der Waals surface area contributed by atoms with E-state index < -0.39 is 0 Å². The standard InChI is InChI=1S/C19H19ClN2O4/c1-11(23)22-7-6-12-8-13(4-5-16(12)22)19(24)21-15-10-17(25-2)14(20)9-18(15)26-3/h4-5,8-10H,6-7H2,1-3H3,(H,21,24). The second-order valence-corrected chi connectivity index (χ2v) is 6.31. The van der Waals surface area contributed by atoms with Crippen molar-refractivity contribution >= 4 is 34.8 Å². The van der Waals surface area contributed by atoms with Gasteiger partial charge >= 0.3 is 0 Å². The van der Waals surface area contributed by atoms with Crippen LogP contribution in [0.2, 0.25) is 5.02 Å². The van der Waals surface area contributed by atoms with E-state index in [4.69, 9.17) is 21.1 Å². The first-order chi connectivity index (χ1) is 12.4. The van der Waals surface area contributed by atoms with E-state index in [1.165, 1.54) is 21.1 Å². The van der Waals surface area contributed by atoms with E-state index in [0.717, 1.165) is 17.7 Å². The lowest BCUT2D eigenvalue weighted by Gasteiger charge is -2.15. The summed E-state index contributed by atoms with van der Waals surface area (Å²) in [5.74, 6) is 0.595. The van der Waals surface area contributed by atoms with Gasteiger partial charge in [0.25, 0.3) is 5.91 Å². The number of nitrogens with one attached hydrogen (secondary N) is 1. The normalized spacial score (nSPS) is 12.5. The molecule has 1 N–H and O–H groups in total. The van der Waals surface area contributed by atoms with Gasteiger partial charge in [-0.05, 0) is 30.2 Å². The van der Waals surface area contributed by atoms with E-state index in [1.54, 1.807) is 29.2 Å². The molecule has 0 fully saturated rings. The Kier molecular flexibility index (Phi) is 5.04. The van der Waals surface area contributed by atoms with E-state index in [1.807, 2.05) is 6.07 Å². The summed E-state index contributed by atoms with van der Waals surface area (Å²) in [6, 6.07) is 8.52. The van der Waals surface area contributed by atoms with Gasteiger partial charge in [-0.15, -0.1) is 0 Å². The molecular weight excluding hydrogens is 356 g/mol. The maximum absolute atomic E-state index is 12.7. The molecule has 1 aliphatic rings. The maximum Gasteiger partial charge on any atom is 0.255 e. The molecule has 1 aliphatic heterocycles. The lowest BCUT2D eigenvalue weighted by molar-refractivity contribution is -0.116. The summed E-state index contributed by atoms with van der Waals surface area (Å²) in [7, 11) is 3.00. The van der Waals surface area contributed by atoms with Gasteiger partial charge in [0.2, 0.25) is 5.91 Å². The number of methoxy groups -OCH3 is 2. The number of amides is 2. The van der Waals surface area contributed by atoms with Gasteiger partial charge in [-0.2, -0.15) is 0 Å². The van der Waals surface area contributed by atoms with Crippen LogP contribution >= 0.6 is 11.6 Å². The number of rotatable bonds is 4. The van der Waals surface area contributed by atoms with E-state index in [9.17, 15) is 9.59 Å². The van der Waals surface area contributed by atoms with Crippen LogP contribution in [0.5, 0.6) is 11.5 Å². The van der Waals surface area contributed by atoms with Gasteiger partial charge in [-0.25, -0.2) is 0 Å². The average molecular weight is 375 g/mol. The third-order valence-electron chi connectivity index (χ3n) is 4.34.